The van der Waals surface area contributed by atoms with E-state index in [0.717, 1.165) is 43.2 Å². The highest BCUT2D eigenvalue weighted by atomic mass is 32.1. The van der Waals surface area contributed by atoms with Crippen LogP contribution in [0.1, 0.15) is 17.1 Å². The largest absolute Gasteiger partial charge is 0.304 e. The summed E-state index contributed by atoms with van der Waals surface area (Å²) in [5, 5.41) is 3.26. The summed E-state index contributed by atoms with van der Waals surface area (Å²) in [5.74, 6) is 5.72. The molecule has 0 bridgehead atoms. The predicted octanol–water partition coefficient (Wildman–Crippen LogP) is 0.462. The van der Waals surface area contributed by atoms with E-state index in [4.69, 9.17) is 5.84 Å². The van der Waals surface area contributed by atoms with E-state index in [1.165, 1.54) is 0 Å². The zero-order chi connectivity index (χ0) is 13.8. The molecular weight excluding hydrogens is 258 g/mol. The van der Waals surface area contributed by atoms with E-state index >= 15 is 0 Å². The fourth-order valence-electron chi connectivity index (χ4n) is 2.65. The molecule has 2 heterocycles. The SMILES string of the molecule is Cc1nc(CC(CC2CN(C)CCN2C)NN)cs1. The van der Waals surface area contributed by atoms with E-state index in [1.54, 1.807) is 11.3 Å². The van der Waals surface area contributed by atoms with Gasteiger partial charge in [0.2, 0.25) is 0 Å². The maximum Gasteiger partial charge on any atom is 0.0897 e. The zero-order valence-corrected chi connectivity index (χ0v) is 12.9. The number of hydrazine groups is 1. The second kappa shape index (κ2) is 6.76. The van der Waals surface area contributed by atoms with Gasteiger partial charge in [-0.2, -0.15) is 0 Å². The van der Waals surface area contributed by atoms with Crippen LogP contribution in [0.4, 0.5) is 0 Å². The maximum absolute atomic E-state index is 5.72. The molecule has 5 nitrogen and oxygen atoms in total. The Morgan fingerprint density at radius 3 is 2.95 bits per heavy atom. The number of hydrogen-bond donors (Lipinski definition) is 2. The van der Waals surface area contributed by atoms with Crippen LogP contribution in [0.3, 0.4) is 0 Å². The third-order valence-corrected chi connectivity index (χ3v) is 4.72. The van der Waals surface area contributed by atoms with Crippen molar-refractivity contribution in [2.75, 3.05) is 33.7 Å². The Balaban J connectivity index is 1.90. The highest BCUT2D eigenvalue weighted by molar-refractivity contribution is 7.09. The van der Waals surface area contributed by atoms with E-state index < -0.39 is 0 Å². The van der Waals surface area contributed by atoms with Gasteiger partial charge in [0, 0.05) is 43.5 Å². The van der Waals surface area contributed by atoms with Crippen LogP contribution in [0.25, 0.3) is 0 Å². The Kier molecular flexibility index (Phi) is 5.29. The second-order valence-corrected chi connectivity index (χ2v) is 6.62. The summed E-state index contributed by atoms with van der Waals surface area (Å²) in [4.78, 5) is 9.36. The molecule has 1 fully saturated rings. The number of nitrogens with zero attached hydrogens (tertiary/aromatic N) is 3. The molecule has 19 heavy (non-hydrogen) atoms. The summed E-state index contributed by atoms with van der Waals surface area (Å²) < 4.78 is 0. The van der Waals surface area contributed by atoms with Crippen LogP contribution < -0.4 is 11.3 Å². The molecule has 1 saturated heterocycles. The molecule has 0 radical (unpaired) electrons. The number of rotatable bonds is 5. The van der Waals surface area contributed by atoms with Crippen LogP contribution in [-0.2, 0) is 6.42 Å². The Morgan fingerprint density at radius 2 is 2.32 bits per heavy atom. The van der Waals surface area contributed by atoms with E-state index in [9.17, 15) is 0 Å². The van der Waals surface area contributed by atoms with Gasteiger partial charge in [0.15, 0.2) is 0 Å². The van der Waals surface area contributed by atoms with Crippen molar-refractivity contribution in [1.82, 2.24) is 20.2 Å². The van der Waals surface area contributed by atoms with Crippen LogP contribution in [0.5, 0.6) is 0 Å². The molecule has 0 aromatic carbocycles. The first-order chi connectivity index (χ1) is 9.08. The molecule has 0 saturated carbocycles. The van der Waals surface area contributed by atoms with Gasteiger partial charge in [0.05, 0.1) is 10.7 Å². The topological polar surface area (TPSA) is 57.4 Å². The zero-order valence-electron chi connectivity index (χ0n) is 12.1. The summed E-state index contributed by atoms with van der Waals surface area (Å²) in [6.45, 7) is 5.45. The summed E-state index contributed by atoms with van der Waals surface area (Å²) in [5.41, 5.74) is 4.11. The van der Waals surface area contributed by atoms with Crippen LogP contribution in [-0.4, -0.2) is 60.6 Å². The average Bonchev–Trinajstić information content (AvgIpc) is 2.78. The molecule has 1 aromatic rings. The van der Waals surface area contributed by atoms with Gasteiger partial charge in [0.1, 0.15) is 0 Å². The molecule has 0 spiro atoms. The first kappa shape index (κ1) is 14.9. The van der Waals surface area contributed by atoms with Crippen molar-refractivity contribution in [3.8, 4) is 0 Å². The molecule has 2 unspecified atom stereocenters. The lowest BCUT2D eigenvalue weighted by Gasteiger charge is -2.39. The molecule has 0 aliphatic carbocycles. The van der Waals surface area contributed by atoms with Gasteiger partial charge in [-0.15, -0.1) is 11.3 Å². The minimum atomic E-state index is 0.292. The van der Waals surface area contributed by atoms with Gasteiger partial charge < -0.3 is 9.80 Å². The van der Waals surface area contributed by atoms with Gasteiger partial charge in [-0.05, 0) is 27.4 Å². The van der Waals surface area contributed by atoms with E-state index in [1.807, 2.05) is 6.92 Å². The molecule has 1 aromatic heterocycles. The Labute approximate surface area is 119 Å². The summed E-state index contributed by atoms with van der Waals surface area (Å²) in [7, 11) is 4.40. The maximum atomic E-state index is 5.72. The molecular formula is C13H25N5S. The quantitative estimate of drug-likeness (QED) is 0.607. The third kappa shape index (κ3) is 4.22. The number of likely N-dealkylation sites (N-methyl/N-ethyl adjacent to an activating group) is 2. The van der Waals surface area contributed by atoms with Crippen molar-refractivity contribution in [2.24, 2.45) is 5.84 Å². The highest BCUT2D eigenvalue weighted by Crippen LogP contribution is 2.15. The lowest BCUT2D eigenvalue weighted by atomic mass is 10.0. The van der Waals surface area contributed by atoms with Crippen molar-refractivity contribution in [2.45, 2.75) is 31.8 Å². The smallest absolute Gasteiger partial charge is 0.0897 e. The minimum absolute atomic E-state index is 0.292. The van der Waals surface area contributed by atoms with Crippen molar-refractivity contribution >= 4 is 11.3 Å². The monoisotopic (exact) mass is 283 g/mol. The van der Waals surface area contributed by atoms with E-state index in [2.05, 4.69) is 39.7 Å². The minimum Gasteiger partial charge on any atom is -0.304 e. The van der Waals surface area contributed by atoms with Crippen molar-refractivity contribution in [1.29, 1.82) is 0 Å². The van der Waals surface area contributed by atoms with Crippen LogP contribution in [0.15, 0.2) is 5.38 Å². The molecule has 108 valence electrons. The fraction of sp³-hybridized carbons (Fsp3) is 0.769. The highest BCUT2D eigenvalue weighted by Gasteiger charge is 2.25. The first-order valence-electron chi connectivity index (χ1n) is 6.84. The van der Waals surface area contributed by atoms with Gasteiger partial charge in [-0.25, -0.2) is 4.98 Å². The normalized spacial score (nSPS) is 23.7. The molecule has 3 N–H and O–H groups in total. The Morgan fingerprint density at radius 1 is 1.53 bits per heavy atom. The van der Waals surface area contributed by atoms with E-state index in [0.29, 0.717) is 12.1 Å². The average molecular weight is 283 g/mol. The van der Waals surface area contributed by atoms with Crippen LogP contribution in [0.2, 0.25) is 0 Å². The number of nitrogens with two attached hydrogens (primary N) is 1. The number of thiazole rings is 1. The van der Waals surface area contributed by atoms with Crippen molar-refractivity contribution in [3.63, 3.8) is 0 Å². The lowest BCUT2D eigenvalue weighted by molar-refractivity contribution is 0.101. The standard InChI is InChI=1S/C13H25N5S/c1-10-15-12(9-19-10)6-11(16-14)7-13-8-17(2)4-5-18(13)3/h9,11,13,16H,4-8,14H2,1-3H3. The lowest BCUT2D eigenvalue weighted by Crippen LogP contribution is -2.53. The second-order valence-electron chi connectivity index (χ2n) is 5.56. The molecule has 1 aliphatic rings. The van der Waals surface area contributed by atoms with E-state index in [-0.39, 0.29) is 0 Å². The van der Waals surface area contributed by atoms with Crippen molar-refractivity contribution in [3.05, 3.63) is 16.1 Å². The number of aromatic nitrogens is 1. The fourth-order valence-corrected chi connectivity index (χ4v) is 3.27. The molecule has 1 aliphatic heterocycles. The molecule has 2 rings (SSSR count). The van der Waals surface area contributed by atoms with Crippen LogP contribution in [0, 0.1) is 6.92 Å². The number of nitrogens with one attached hydrogen (secondary N) is 1. The number of aryl methyl sites for hydroxylation is 1. The van der Waals surface area contributed by atoms with Gasteiger partial charge in [-0.1, -0.05) is 0 Å². The molecule has 6 heteroatoms. The molecule has 0 amide bonds. The van der Waals surface area contributed by atoms with Crippen molar-refractivity contribution < 1.29 is 0 Å². The predicted molar refractivity (Wildman–Crippen MR) is 80.2 cm³/mol. The molecule has 2 atom stereocenters. The summed E-state index contributed by atoms with van der Waals surface area (Å²) >= 11 is 1.71. The third-order valence-electron chi connectivity index (χ3n) is 3.89. The number of hydrogen-bond acceptors (Lipinski definition) is 6. The number of piperazine rings is 1. The summed E-state index contributed by atoms with van der Waals surface area (Å²) in [6, 6.07) is 0.861. The van der Waals surface area contributed by atoms with Gasteiger partial charge >= 0.3 is 0 Å². The van der Waals surface area contributed by atoms with Crippen LogP contribution >= 0.6 is 11.3 Å². The Bertz CT molecular complexity index is 394. The van der Waals surface area contributed by atoms with Gasteiger partial charge in [-0.3, -0.25) is 11.3 Å². The first-order valence-corrected chi connectivity index (χ1v) is 7.72. The summed E-state index contributed by atoms with van der Waals surface area (Å²) in [6.07, 6.45) is 1.98. The van der Waals surface area contributed by atoms with Gasteiger partial charge in [0.25, 0.3) is 0 Å². The Hall–Kier alpha value is -0.530.